The summed E-state index contributed by atoms with van der Waals surface area (Å²) in [6.45, 7) is 11.0. The van der Waals surface area contributed by atoms with Gasteiger partial charge in [-0.1, -0.05) is 24.3 Å². The molecule has 1 atom stereocenters. The number of rotatable bonds is 7. The molecule has 1 aliphatic rings. The van der Waals surface area contributed by atoms with Crippen LogP contribution in [0, 0.1) is 13.8 Å². The van der Waals surface area contributed by atoms with E-state index in [2.05, 4.69) is 46.8 Å². The zero-order chi connectivity index (χ0) is 21.6. The molecule has 2 aromatic rings. The molecule has 0 amide bonds. The Balaban J connectivity index is 0.00000341. The van der Waals surface area contributed by atoms with E-state index in [0.29, 0.717) is 11.7 Å². The number of aryl methyl sites for hydroxylation is 2. The summed E-state index contributed by atoms with van der Waals surface area (Å²) in [5.41, 5.74) is 1.51. The quantitative estimate of drug-likeness (QED) is 0.281. The second kappa shape index (κ2) is 11.3. The van der Waals surface area contributed by atoms with Crippen LogP contribution in [-0.4, -0.2) is 43.9 Å². The number of halogens is 1. The van der Waals surface area contributed by atoms with Crippen LogP contribution < -0.4 is 10.6 Å². The van der Waals surface area contributed by atoms with Crippen LogP contribution in [0.15, 0.2) is 45.8 Å². The van der Waals surface area contributed by atoms with Gasteiger partial charge in [0.05, 0.1) is 6.54 Å². The summed E-state index contributed by atoms with van der Waals surface area (Å²) in [5, 5.41) is 17.7. The highest BCUT2D eigenvalue weighted by Crippen LogP contribution is 2.36. The van der Waals surface area contributed by atoms with E-state index in [9.17, 15) is 5.11 Å². The predicted octanol–water partition coefficient (Wildman–Crippen LogP) is 4.03. The highest BCUT2D eigenvalue weighted by Gasteiger charge is 2.35. The van der Waals surface area contributed by atoms with E-state index >= 15 is 0 Å². The van der Waals surface area contributed by atoms with Crippen molar-refractivity contribution in [2.45, 2.75) is 51.6 Å². The van der Waals surface area contributed by atoms with E-state index in [1.54, 1.807) is 13.0 Å². The minimum atomic E-state index is -1.16. The Hall–Kier alpha value is -1.58. The summed E-state index contributed by atoms with van der Waals surface area (Å²) in [7, 11) is 0. The van der Waals surface area contributed by atoms with E-state index in [-0.39, 0.29) is 35.9 Å². The summed E-state index contributed by atoms with van der Waals surface area (Å²) in [4.78, 5) is 4.66. The Kier molecular flexibility index (Phi) is 9.39. The first-order valence-electron chi connectivity index (χ1n) is 10.8. The van der Waals surface area contributed by atoms with Gasteiger partial charge in [-0.2, -0.15) is 0 Å². The molecule has 2 heterocycles. The van der Waals surface area contributed by atoms with Gasteiger partial charge in [0.2, 0.25) is 0 Å². The molecule has 0 saturated carbocycles. The Bertz CT molecular complexity index is 857. The molecule has 1 fully saturated rings. The Morgan fingerprint density at radius 1 is 1.13 bits per heavy atom. The van der Waals surface area contributed by atoms with Gasteiger partial charge in [-0.15, -0.1) is 24.0 Å². The first-order valence-corrected chi connectivity index (χ1v) is 10.8. The molecule has 0 spiro atoms. The van der Waals surface area contributed by atoms with Crippen molar-refractivity contribution in [2.24, 2.45) is 4.99 Å². The Labute approximate surface area is 202 Å². The van der Waals surface area contributed by atoms with Crippen molar-refractivity contribution in [1.82, 2.24) is 10.6 Å². The number of hydrogen-bond donors (Lipinski definition) is 3. The molecule has 31 heavy (non-hydrogen) atoms. The highest BCUT2D eigenvalue weighted by molar-refractivity contribution is 14.0. The Morgan fingerprint density at radius 2 is 1.84 bits per heavy atom. The van der Waals surface area contributed by atoms with Crippen molar-refractivity contribution in [3.05, 3.63) is 59.0 Å². The third kappa shape index (κ3) is 6.46. The molecule has 1 aromatic heterocycles. The van der Waals surface area contributed by atoms with E-state index in [0.717, 1.165) is 44.9 Å². The third-order valence-electron chi connectivity index (χ3n) is 5.92. The largest absolute Gasteiger partial charge is 0.463 e. The second-order valence-electron chi connectivity index (χ2n) is 8.44. The van der Waals surface area contributed by atoms with Crippen LogP contribution >= 0.6 is 24.0 Å². The lowest BCUT2D eigenvalue weighted by Gasteiger charge is -2.39. The molecule has 172 valence electrons. The number of hydrogen-bond acceptors (Lipinski definition) is 4. The average Bonchev–Trinajstić information content (AvgIpc) is 3.18. The number of aliphatic imine (C=N–C) groups is 1. The van der Waals surface area contributed by atoms with Crippen LogP contribution in [0.1, 0.15) is 49.3 Å². The summed E-state index contributed by atoms with van der Waals surface area (Å²) < 4.78 is 11.3. The molecule has 1 aliphatic heterocycles. The number of ether oxygens (including phenoxy) is 1. The summed E-state index contributed by atoms with van der Waals surface area (Å²) >= 11 is 0. The van der Waals surface area contributed by atoms with Crippen molar-refractivity contribution in [3.63, 3.8) is 0 Å². The normalized spacial score (nSPS) is 18.0. The first-order chi connectivity index (χ1) is 14.4. The molecule has 6 nitrogen and oxygen atoms in total. The average molecular weight is 541 g/mol. The Morgan fingerprint density at radius 3 is 2.45 bits per heavy atom. The van der Waals surface area contributed by atoms with E-state index in [1.165, 1.54) is 11.1 Å². The first kappa shape index (κ1) is 25.7. The standard InChI is InChI=1S/C24H35N3O3.HI/c1-5-25-22(26-16-23(4,28)21-11-10-19(3)30-21)27-17-24(12-14-29-15-13-24)20-9-7-6-8-18(20)2;/h6-11,28H,5,12-17H2,1-4H3,(H2,25,26,27);1H. The molecule has 7 heteroatoms. The van der Waals surface area contributed by atoms with Crippen molar-refractivity contribution in [2.75, 3.05) is 32.8 Å². The molecule has 0 bridgehead atoms. The third-order valence-corrected chi connectivity index (χ3v) is 5.92. The van der Waals surface area contributed by atoms with Gasteiger partial charge in [-0.05, 0) is 63.8 Å². The molecular weight excluding hydrogens is 505 g/mol. The minimum absolute atomic E-state index is 0. The maximum absolute atomic E-state index is 10.8. The number of furan rings is 1. The van der Waals surface area contributed by atoms with Gasteiger partial charge in [-0.25, -0.2) is 4.99 Å². The summed E-state index contributed by atoms with van der Waals surface area (Å²) in [5.74, 6) is 2.00. The number of nitrogens with one attached hydrogen (secondary N) is 2. The molecule has 1 saturated heterocycles. The van der Waals surface area contributed by atoms with Gasteiger partial charge < -0.3 is 24.9 Å². The molecule has 0 aliphatic carbocycles. The van der Waals surface area contributed by atoms with E-state index in [1.807, 2.05) is 19.9 Å². The number of aliphatic hydroxyl groups is 1. The lowest BCUT2D eigenvalue weighted by atomic mass is 9.72. The van der Waals surface area contributed by atoms with E-state index in [4.69, 9.17) is 9.15 Å². The lowest BCUT2D eigenvalue weighted by molar-refractivity contribution is 0.0427. The summed E-state index contributed by atoms with van der Waals surface area (Å²) in [6, 6.07) is 12.3. The van der Waals surface area contributed by atoms with Gasteiger partial charge in [0.25, 0.3) is 0 Å². The highest BCUT2D eigenvalue weighted by atomic mass is 127. The van der Waals surface area contributed by atoms with Gasteiger partial charge in [0, 0.05) is 31.7 Å². The zero-order valence-electron chi connectivity index (χ0n) is 19.0. The van der Waals surface area contributed by atoms with Crippen molar-refractivity contribution >= 4 is 29.9 Å². The maximum Gasteiger partial charge on any atom is 0.191 e. The molecular formula is C24H36IN3O3. The van der Waals surface area contributed by atoms with Crippen molar-refractivity contribution in [3.8, 4) is 0 Å². The van der Waals surface area contributed by atoms with Crippen LogP contribution in [0.2, 0.25) is 0 Å². The van der Waals surface area contributed by atoms with Crippen LogP contribution in [0.5, 0.6) is 0 Å². The maximum atomic E-state index is 10.8. The van der Waals surface area contributed by atoms with Crippen LogP contribution in [0.25, 0.3) is 0 Å². The SMILES string of the molecule is CCNC(=NCC(C)(O)c1ccc(C)o1)NCC1(c2ccccc2C)CCOCC1.I. The number of benzene rings is 1. The fourth-order valence-corrected chi connectivity index (χ4v) is 4.10. The minimum Gasteiger partial charge on any atom is -0.463 e. The predicted molar refractivity (Wildman–Crippen MR) is 135 cm³/mol. The zero-order valence-corrected chi connectivity index (χ0v) is 21.4. The van der Waals surface area contributed by atoms with Gasteiger partial charge >= 0.3 is 0 Å². The topological polar surface area (TPSA) is 79.0 Å². The van der Waals surface area contributed by atoms with Crippen molar-refractivity contribution in [1.29, 1.82) is 0 Å². The van der Waals surface area contributed by atoms with Crippen LogP contribution in [0.4, 0.5) is 0 Å². The molecule has 1 aromatic carbocycles. The van der Waals surface area contributed by atoms with Gasteiger partial charge in [0.1, 0.15) is 17.1 Å². The van der Waals surface area contributed by atoms with Gasteiger partial charge in [-0.3, -0.25) is 0 Å². The smallest absolute Gasteiger partial charge is 0.191 e. The lowest BCUT2D eigenvalue weighted by Crippen LogP contribution is -2.48. The van der Waals surface area contributed by atoms with Crippen LogP contribution in [-0.2, 0) is 15.8 Å². The molecule has 0 radical (unpaired) electrons. The van der Waals surface area contributed by atoms with E-state index < -0.39 is 5.60 Å². The fourth-order valence-electron chi connectivity index (χ4n) is 4.10. The molecule has 3 rings (SSSR count). The molecule has 1 unspecified atom stereocenters. The van der Waals surface area contributed by atoms with Crippen LogP contribution in [0.3, 0.4) is 0 Å². The second-order valence-corrected chi connectivity index (χ2v) is 8.44. The monoisotopic (exact) mass is 541 g/mol. The summed E-state index contributed by atoms with van der Waals surface area (Å²) in [6.07, 6.45) is 1.93. The molecule has 3 N–H and O–H groups in total. The van der Waals surface area contributed by atoms with Gasteiger partial charge in [0.15, 0.2) is 5.96 Å². The number of guanidine groups is 1. The fraction of sp³-hybridized carbons (Fsp3) is 0.542. The van der Waals surface area contributed by atoms with Crippen molar-refractivity contribution < 1.29 is 14.3 Å². The number of nitrogens with zero attached hydrogens (tertiary/aromatic N) is 1.